The molecule has 3 fully saturated rings. The normalized spacial score (nSPS) is 33.0. The van der Waals surface area contributed by atoms with Crippen molar-refractivity contribution >= 4 is 0 Å². The highest BCUT2D eigenvalue weighted by Gasteiger charge is 2.52. The maximum absolute atomic E-state index is 13.0. The standard InChI is InChI=1S/C15H26NO/c17-16-14(8-3-1-4-9-14)12-7-13-15(16)10-5-2-6-11-15/h1-13H2. The summed E-state index contributed by atoms with van der Waals surface area (Å²) < 4.78 is 0. The van der Waals surface area contributed by atoms with Gasteiger partial charge in [-0.05, 0) is 44.9 Å². The van der Waals surface area contributed by atoms with Gasteiger partial charge in [0.25, 0.3) is 0 Å². The van der Waals surface area contributed by atoms with Crippen LogP contribution in [0.15, 0.2) is 0 Å². The van der Waals surface area contributed by atoms with Crippen LogP contribution in [0, 0.1) is 0 Å². The van der Waals surface area contributed by atoms with Gasteiger partial charge in [-0.2, -0.15) is 0 Å². The minimum Gasteiger partial charge on any atom is -0.143 e. The van der Waals surface area contributed by atoms with Crippen LogP contribution in [0.2, 0.25) is 0 Å². The van der Waals surface area contributed by atoms with E-state index in [1.54, 1.807) is 5.06 Å². The minimum absolute atomic E-state index is 0.0633. The van der Waals surface area contributed by atoms with Crippen LogP contribution in [0.1, 0.15) is 83.5 Å². The molecule has 3 aliphatic rings. The van der Waals surface area contributed by atoms with Crippen LogP contribution in [0.5, 0.6) is 0 Å². The summed E-state index contributed by atoms with van der Waals surface area (Å²) in [5.41, 5.74) is 0.127. The molecule has 2 spiro atoms. The second-order valence-electron chi connectivity index (χ2n) is 6.72. The number of hydrogen-bond donors (Lipinski definition) is 0. The lowest BCUT2D eigenvalue weighted by atomic mass is 9.67. The lowest BCUT2D eigenvalue weighted by Gasteiger charge is -2.56. The zero-order valence-corrected chi connectivity index (χ0v) is 11.0. The van der Waals surface area contributed by atoms with E-state index in [4.69, 9.17) is 0 Å². The van der Waals surface area contributed by atoms with Crippen LogP contribution in [0.4, 0.5) is 0 Å². The molecule has 0 unspecified atom stereocenters. The van der Waals surface area contributed by atoms with Crippen molar-refractivity contribution in [1.29, 1.82) is 0 Å². The van der Waals surface area contributed by atoms with E-state index in [-0.39, 0.29) is 11.1 Å². The Morgan fingerprint density at radius 2 is 0.882 bits per heavy atom. The summed E-state index contributed by atoms with van der Waals surface area (Å²) in [6.45, 7) is 0. The predicted octanol–water partition coefficient (Wildman–Crippen LogP) is 4.22. The summed E-state index contributed by atoms with van der Waals surface area (Å²) in [7, 11) is 0. The molecule has 97 valence electrons. The highest BCUT2D eigenvalue weighted by molar-refractivity contribution is 5.03. The fourth-order valence-corrected chi connectivity index (χ4v) is 4.78. The highest BCUT2D eigenvalue weighted by Crippen LogP contribution is 2.50. The lowest BCUT2D eigenvalue weighted by molar-refractivity contribution is -0.317. The van der Waals surface area contributed by atoms with Crippen molar-refractivity contribution in [3.63, 3.8) is 0 Å². The Hall–Kier alpha value is -0.0800. The van der Waals surface area contributed by atoms with Crippen molar-refractivity contribution in [2.75, 3.05) is 0 Å². The Labute approximate surface area is 105 Å². The van der Waals surface area contributed by atoms with Crippen LogP contribution in [0.3, 0.4) is 0 Å². The molecule has 0 N–H and O–H groups in total. The Balaban J connectivity index is 1.82. The molecule has 1 radical (unpaired) electrons. The second-order valence-corrected chi connectivity index (χ2v) is 6.72. The van der Waals surface area contributed by atoms with Crippen molar-refractivity contribution in [2.45, 2.75) is 94.5 Å². The van der Waals surface area contributed by atoms with Gasteiger partial charge in [-0.15, -0.1) is 10.3 Å². The zero-order chi connectivity index (χ0) is 11.8. The monoisotopic (exact) mass is 236 g/mol. The molecule has 0 bridgehead atoms. The third kappa shape index (κ3) is 1.94. The second kappa shape index (κ2) is 4.55. The van der Waals surface area contributed by atoms with Crippen molar-refractivity contribution in [1.82, 2.24) is 5.06 Å². The van der Waals surface area contributed by atoms with Gasteiger partial charge in [0.05, 0.1) is 0 Å². The number of rotatable bonds is 0. The average Bonchev–Trinajstić information content (AvgIpc) is 2.39. The fraction of sp³-hybridized carbons (Fsp3) is 1.00. The van der Waals surface area contributed by atoms with Gasteiger partial charge < -0.3 is 0 Å². The molecule has 1 heterocycles. The molecule has 2 aliphatic carbocycles. The van der Waals surface area contributed by atoms with E-state index >= 15 is 0 Å². The van der Waals surface area contributed by atoms with Crippen molar-refractivity contribution in [2.24, 2.45) is 0 Å². The SMILES string of the molecule is [O]N1C2(CCCCC2)CCCC12CCCCC2. The maximum atomic E-state index is 13.0. The molecule has 0 aromatic carbocycles. The van der Waals surface area contributed by atoms with E-state index in [2.05, 4.69) is 0 Å². The third-order valence-corrected chi connectivity index (χ3v) is 5.71. The molecule has 0 aromatic rings. The number of nitrogens with zero attached hydrogens (tertiary/aromatic N) is 1. The van der Waals surface area contributed by atoms with Crippen LogP contribution in [-0.4, -0.2) is 16.1 Å². The van der Waals surface area contributed by atoms with E-state index in [1.165, 1.54) is 83.5 Å². The van der Waals surface area contributed by atoms with Crippen molar-refractivity contribution in [3.8, 4) is 0 Å². The first-order valence-electron chi connectivity index (χ1n) is 7.75. The molecule has 3 rings (SSSR count). The molecule has 0 atom stereocenters. The maximum Gasteiger partial charge on any atom is 0.0500 e. The quantitative estimate of drug-likeness (QED) is 0.617. The summed E-state index contributed by atoms with van der Waals surface area (Å²) in [6, 6.07) is 0. The van der Waals surface area contributed by atoms with E-state index in [0.29, 0.717) is 0 Å². The Morgan fingerprint density at radius 3 is 1.29 bits per heavy atom. The molecule has 2 heteroatoms. The Kier molecular flexibility index (Phi) is 3.20. The molecule has 2 nitrogen and oxygen atoms in total. The van der Waals surface area contributed by atoms with Crippen LogP contribution >= 0.6 is 0 Å². The van der Waals surface area contributed by atoms with Gasteiger partial charge in [0.1, 0.15) is 0 Å². The summed E-state index contributed by atoms with van der Waals surface area (Å²) in [4.78, 5) is 0. The van der Waals surface area contributed by atoms with Crippen LogP contribution in [-0.2, 0) is 5.21 Å². The summed E-state index contributed by atoms with van der Waals surface area (Å²) in [6.07, 6.45) is 16.2. The molecule has 2 saturated carbocycles. The number of hydrogen-bond acceptors (Lipinski definition) is 1. The lowest BCUT2D eigenvalue weighted by Crippen LogP contribution is -2.62. The largest absolute Gasteiger partial charge is 0.143 e. The van der Waals surface area contributed by atoms with Gasteiger partial charge >= 0.3 is 0 Å². The fourth-order valence-electron chi connectivity index (χ4n) is 4.78. The Morgan fingerprint density at radius 1 is 0.529 bits per heavy atom. The zero-order valence-electron chi connectivity index (χ0n) is 11.0. The van der Waals surface area contributed by atoms with Crippen molar-refractivity contribution < 1.29 is 5.21 Å². The first-order chi connectivity index (χ1) is 8.28. The highest BCUT2D eigenvalue weighted by atomic mass is 16.5. The molecule has 1 saturated heterocycles. The molecular formula is C15H26NO. The Bertz CT molecular complexity index is 227. The third-order valence-electron chi connectivity index (χ3n) is 5.71. The van der Waals surface area contributed by atoms with E-state index < -0.39 is 0 Å². The predicted molar refractivity (Wildman–Crippen MR) is 68.0 cm³/mol. The van der Waals surface area contributed by atoms with Gasteiger partial charge in [-0.1, -0.05) is 38.5 Å². The van der Waals surface area contributed by atoms with Gasteiger partial charge in [-0.25, -0.2) is 0 Å². The van der Waals surface area contributed by atoms with Gasteiger partial charge in [0.15, 0.2) is 0 Å². The summed E-state index contributed by atoms with van der Waals surface area (Å²) in [5.74, 6) is 0. The van der Waals surface area contributed by atoms with E-state index in [9.17, 15) is 5.21 Å². The first-order valence-corrected chi connectivity index (χ1v) is 7.75. The van der Waals surface area contributed by atoms with Crippen LogP contribution in [0.25, 0.3) is 0 Å². The first kappa shape index (κ1) is 12.0. The average molecular weight is 236 g/mol. The van der Waals surface area contributed by atoms with Gasteiger partial charge in [-0.3, -0.25) is 0 Å². The molecule has 1 aliphatic heterocycles. The minimum atomic E-state index is 0.0633. The summed E-state index contributed by atoms with van der Waals surface area (Å²) >= 11 is 0. The molecule has 0 amide bonds. The number of hydroxylamine groups is 2. The van der Waals surface area contributed by atoms with E-state index in [1.807, 2.05) is 0 Å². The topological polar surface area (TPSA) is 23.1 Å². The van der Waals surface area contributed by atoms with E-state index in [0.717, 1.165) is 0 Å². The smallest absolute Gasteiger partial charge is 0.0500 e. The van der Waals surface area contributed by atoms with Gasteiger partial charge in [0, 0.05) is 11.1 Å². The number of piperidine rings is 1. The van der Waals surface area contributed by atoms with Crippen LogP contribution < -0.4 is 0 Å². The van der Waals surface area contributed by atoms with Crippen molar-refractivity contribution in [3.05, 3.63) is 0 Å². The molecular weight excluding hydrogens is 210 g/mol. The molecule has 0 aromatic heterocycles. The van der Waals surface area contributed by atoms with Gasteiger partial charge in [0.2, 0.25) is 0 Å². The molecule has 17 heavy (non-hydrogen) atoms. The summed E-state index contributed by atoms with van der Waals surface area (Å²) in [5, 5.41) is 14.7.